The Bertz CT molecular complexity index is 300. The van der Waals surface area contributed by atoms with E-state index >= 15 is 0 Å². The van der Waals surface area contributed by atoms with E-state index in [-0.39, 0.29) is 10.7 Å². The van der Waals surface area contributed by atoms with Crippen LogP contribution in [0.15, 0.2) is 12.3 Å². The summed E-state index contributed by atoms with van der Waals surface area (Å²) in [6, 6.07) is 1.37. The van der Waals surface area contributed by atoms with Gasteiger partial charge in [-0.15, -0.1) is 0 Å². The quantitative estimate of drug-likeness (QED) is 0.527. The summed E-state index contributed by atoms with van der Waals surface area (Å²) in [5.74, 6) is 0. The van der Waals surface area contributed by atoms with Crippen molar-refractivity contribution in [2.24, 2.45) is 0 Å². The summed E-state index contributed by atoms with van der Waals surface area (Å²) in [5.41, 5.74) is 0.126. The lowest BCUT2D eigenvalue weighted by Gasteiger charge is -1.96. The molecule has 0 spiro atoms. The number of carbonyl (C=O) groups excluding carboxylic acids is 1. The van der Waals surface area contributed by atoms with E-state index in [0.29, 0.717) is 5.02 Å². The second kappa shape index (κ2) is 3.39. The summed E-state index contributed by atoms with van der Waals surface area (Å²) < 4.78 is 0. The van der Waals surface area contributed by atoms with E-state index in [2.05, 4.69) is 4.98 Å². The summed E-state index contributed by atoms with van der Waals surface area (Å²) >= 11 is 16.2. The third kappa shape index (κ3) is 2.06. The minimum atomic E-state index is -0.662. The Morgan fingerprint density at radius 1 is 1.45 bits per heavy atom. The number of hydrogen-bond donors (Lipinski definition) is 0. The Morgan fingerprint density at radius 2 is 2.09 bits per heavy atom. The van der Waals surface area contributed by atoms with Crippen LogP contribution in [0, 0.1) is 0 Å². The van der Waals surface area contributed by atoms with Gasteiger partial charge in [-0.3, -0.25) is 4.79 Å². The van der Waals surface area contributed by atoms with E-state index in [4.69, 9.17) is 34.8 Å². The van der Waals surface area contributed by atoms with Crippen LogP contribution in [0.3, 0.4) is 0 Å². The first-order valence-corrected chi connectivity index (χ1v) is 3.75. The first-order chi connectivity index (χ1) is 5.11. The molecule has 1 aromatic rings. The number of rotatable bonds is 1. The minimum Gasteiger partial charge on any atom is -0.275 e. The Hall–Kier alpha value is -0.310. The highest BCUT2D eigenvalue weighted by Crippen LogP contribution is 2.18. The van der Waals surface area contributed by atoms with Crippen LogP contribution in [0.4, 0.5) is 0 Å². The fourth-order valence-corrected chi connectivity index (χ4v) is 1.10. The lowest BCUT2D eigenvalue weighted by Crippen LogP contribution is -1.91. The lowest BCUT2D eigenvalue weighted by molar-refractivity contribution is 0.108. The minimum absolute atomic E-state index is 0.0643. The lowest BCUT2D eigenvalue weighted by atomic mass is 10.3. The van der Waals surface area contributed by atoms with Crippen LogP contribution in [0.1, 0.15) is 10.4 Å². The normalized spacial score (nSPS) is 9.73. The van der Waals surface area contributed by atoms with Gasteiger partial charge in [0.15, 0.2) is 0 Å². The monoisotopic (exact) mass is 209 g/mol. The van der Waals surface area contributed by atoms with E-state index in [1.165, 1.54) is 12.3 Å². The summed E-state index contributed by atoms with van der Waals surface area (Å²) in [6.45, 7) is 0. The predicted octanol–water partition coefficient (Wildman–Crippen LogP) is 2.77. The molecule has 0 aliphatic carbocycles. The molecule has 0 atom stereocenters. The van der Waals surface area contributed by atoms with Gasteiger partial charge in [0.1, 0.15) is 5.15 Å². The largest absolute Gasteiger partial charge is 0.275 e. The molecule has 1 aromatic heterocycles. The number of carbonyl (C=O) groups is 1. The molecule has 0 aromatic carbocycles. The highest BCUT2D eigenvalue weighted by Gasteiger charge is 2.08. The van der Waals surface area contributed by atoms with Crippen molar-refractivity contribution in [1.29, 1.82) is 0 Å². The molecular weight excluding hydrogens is 208 g/mol. The molecule has 0 aliphatic heterocycles. The van der Waals surface area contributed by atoms with Crippen molar-refractivity contribution < 1.29 is 4.79 Å². The Morgan fingerprint density at radius 3 is 2.55 bits per heavy atom. The van der Waals surface area contributed by atoms with E-state index in [1.54, 1.807) is 0 Å². The molecule has 0 amide bonds. The maximum atomic E-state index is 10.6. The molecule has 5 heteroatoms. The maximum Gasteiger partial charge on any atom is 0.255 e. The standard InChI is InChI=1S/C6H2Cl3NO/c7-3-1-4(6(9)11)5(8)10-2-3/h1-2H. The maximum absolute atomic E-state index is 10.6. The average molecular weight is 210 g/mol. The van der Waals surface area contributed by atoms with Crippen molar-refractivity contribution in [3.05, 3.63) is 28.0 Å². The summed E-state index contributed by atoms with van der Waals surface area (Å²) in [6.07, 6.45) is 1.34. The van der Waals surface area contributed by atoms with Crippen molar-refractivity contribution in [2.45, 2.75) is 0 Å². The van der Waals surface area contributed by atoms with E-state index in [9.17, 15) is 4.79 Å². The summed E-state index contributed by atoms with van der Waals surface area (Å²) in [7, 11) is 0. The zero-order chi connectivity index (χ0) is 8.43. The number of pyridine rings is 1. The molecule has 1 heterocycles. The van der Waals surface area contributed by atoms with Crippen LogP contribution in [0.25, 0.3) is 0 Å². The molecule has 0 saturated heterocycles. The third-order valence-corrected chi connectivity index (χ3v) is 1.73. The van der Waals surface area contributed by atoms with Gasteiger partial charge in [0.25, 0.3) is 5.24 Å². The van der Waals surface area contributed by atoms with Gasteiger partial charge < -0.3 is 0 Å². The molecule has 0 saturated carbocycles. The van der Waals surface area contributed by atoms with Crippen molar-refractivity contribution in [2.75, 3.05) is 0 Å². The van der Waals surface area contributed by atoms with Crippen LogP contribution in [-0.2, 0) is 0 Å². The topological polar surface area (TPSA) is 30.0 Å². The second-order valence-corrected chi connectivity index (χ2v) is 2.90. The van der Waals surface area contributed by atoms with Crippen LogP contribution in [0.5, 0.6) is 0 Å². The van der Waals surface area contributed by atoms with Gasteiger partial charge in [0.05, 0.1) is 10.6 Å². The van der Waals surface area contributed by atoms with E-state index < -0.39 is 5.24 Å². The SMILES string of the molecule is O=C(Cl)c1cc(Cl)cnc1Cl. The molecule has 1 rings (SSSR count). The van der Waals surface area contributed by atoms with Gasteiger partial charge in [0.2, 0.25) is 0 Å². The molecule has 0 fully saturated rings. The molecule has 58 valence electrons. The number of nitrogens with zero attached hydrogens (tertiary/aromatic N) is 1. The van der Waals surface area contributed by atoms with Gasteiger partial charge in [-0.2, -0.15) is 0 Å². The number of halogens is 3. The third-order valence-electron chi connectivity index (χ3n) is 1.02. The number of aromatic nitrogens is 1. The van der Waals surface area contributed by atoms with Gasteiger partial charge in [-0.1, -0.05) is 23.2 Å². The van der Waals surface area contributed by atoms with Gasteiger partial charge in [-0.05, 0) is 17.7 Å². The smallest absolute Gasteiger partial charge is 0.255 e. The van der Waals surface area contributed by atoms with E-state index in [0.717, 1.165) is 0 Å². The number of hydrogen-bond acceptors (Lipinski definition) is 2. The average Bonchev–Trinajstić information content (AvgIpc) is 1.94. The van der Waals surface area contributed by atoms with Gasteiger partial charge in [0, 0.05) is 6.20 Å². The molecule has 0 unspecified atom stereocenters. The predicted molar refractivity (Wildman–Crippen MR) is 44.4 cm³/mol. The van der Waals surface area contributed by atoms with Crippen LogP contribution >= 0.6 is 34.8 Å². The van der Waals surface area contributed by atoms with Gasteiger partial charge >= 0.3 is 0 Å². The van der Waals surface area contributed by atoms with Crippen molar-refractivity contribution >= 4 is 40.0 Å². The highest BCUT2D eigenvalue weighted by atomic mass is 35.5. The first kappa shape index (κ1) is 8.78. The molecule has 11 heavy (non-hydrogen) atoms. The molecule has 0 aliphatic rings. The van der Waals surface area contributed by atoms with Gasteiger partial charge in [-0.25, -0.2) is 4.98 Å². The highest BCUT2D eigenvalue weighted by molar-refractivity contribution is 6.68. The molecule has 0 bridgehead atoms. The molecule has 0 radical (unpaired) electrons. The Labute approximate surface area is 78.1 Å². The Kier molecular flexibility index (Phi) is 2.71. The zero-order valence-electron chi connectivity index (χ0n) is 5.14. The summed E-state index contributed by atoms with van der Waals surface area (Å²) in [5, 5.41) is -0.266. The molecule has 2 nitrogen and oxygen atoms in total. The zero-order valence-corrected chi connectivity index (χ0v) is 7.41. The Balaban J connectivity index is 3.23. The fraction of sp³-hybridized carbons (Fsp3) is 0. The first-order valence-electron chi connectivity index (χ1n) is 2.62. The summed E-state index contributed by atoms with van der Waals surface area (Å²) in [4.78, 5) is 14.2. The van der Waals surface area contributed by atoms with Crippen molar-refractivity contribution in [3.63, 3.8) is 0 Å². The molecular formula is C6H2Cl3NO. The van der Waals surface area contributed by atoms with Crippen LogP contribution in [0.2, 0.25) is 10.2 Å². The van der Waals surface area contributed by atoms with Crippen LogP contribution in [-0.4, -0.2) is 10.2 Å². The second-order valence-electron chi connectivity index (χ2n) is 1.77. The van der Waals surface area contributed by atoms with E-state index in [1.807, 2.05) is 0 Å². The van der Waals surface area contributed by atoms with Crippen LogP contribution < -0.4 is 0 Å². The van der Waals surface area contributed by atoms with Crippen molar-refractivity contribution in [1.82, 2.24) is 4.98 Å². The molecule has 0 N–H and O–H groups in total. The van der Waals surface area contributed by atoms with Crippen molar-refractivity contribution in [3.8, 4) is 0 Å². The fourth-order valence-electron chi connectivity index (χ4n) is 0.560.